The Bertz CT molecular complexity index is 1240. The standard InChI is InChI=1S/C20H17ClN8/c1-11(26-19-14(8-22)18(23)24-10-25-19)15-9-29-20(16(21)12(2)28-29)27-17(15)13-6-4-3-5-7-13/h3-7,9-11H,1-2H3,(H3,23,24,25,26). The molecule has 0 aliphatic heterocycles. The van der Waals surface area contributed by atoms with Crippen LogP contribution in [-0.4, -0.2) is 24.6 Å². The van der Waals surface area contributed by atoms with E-state index in [9.17, 15) is 5.26 Å². The van der Waals surface area contributed by atoms with Crippen LogP contribution >= 0.6 is 11.6 Å². The Morgan fingerprint density at radius 3 is 2.72 bits per heavy atom. The molecule has 0 saturated heterocycles. The number of aryl methyl sites for hydroxylation is 1. The molecule has 0 amide bonds. The zero-order chi connectivity index (χ0) is 20.5. The van der Waals surface area contributed by atoms with Gasteiger partial charge >= 0.3 is 0 Å². The molecule has 0 saturated carbocycles. The van der Waals surface area contributed by atoms with Crippen molar-refractivity contribution in [1.29, 1.82) is 5.26 Å². The lowest BCUT2D eigenvalue weighted by molar-refractivity contribution is 0.825. The number of nitrogens with two attached hydrogens (primary N) is 1. The molecule has 4 aromatic rings. The Hall–Kier alpha value is -3.70. The van der Waals surface area contributed by atoms with E-state index in [1.165, 1.54) is 6.33 Å². The maximum Gasteiger partial charge on any atom is 0.174 e. The van der Waals surface area contributed by atoms with E-state index in [4.69, 9.17) is 22.3 Å². The van der Waals surface area contributed by atoms with Gasteiger partial charge in [-0.3, -0.25) is 0 Å². The Kier molecular flexibility index (Phi) is 4.74. The summed E-state index contributed by atoms with van der Waals surface area (Å²) in [6.45, 7) is 3.79. The minimum absolute atomic E-state index is 0.128. The lowest BCUT2D eigenvalue weighted by Gasteiger charge is -2.19. The maximum absolute atomic E-state index is 9.40. The molecule has 29 heavy (non-hydrogen) atoms. The number of nitrogens with one attached hydrogen (secondary N) is 1. The third-order valence-corrected chi connectivity index (χ3v) is 5.04. The van der Waals surface area contributed by atoms with Gasteiger partial charge in [0.1, 0.15) is 34.6 Å². The fourth-order valence-corrected chi connectivity index (χ4v) is 3.28. The highest BCUT2D eigenvalue weighted by molar-refractivity contribution is 6.34. The summed E-state index contributed by atoms with van der Waals surface area (Å²) in [5, 5.41) is 17.6. The van der Waals surface area contributed by atoms with Gasteiger partial charge in [0.05, 0.1) is 17.4 Å². The molecule has 0 fully saturated rings. The van der Waals surface area contributed by atoms with Gasteiger partial charge in [-0.05, 0) is 13.8 Å². The second kappa shape index (κ2) is 7.37. The maximum atomic E-state index is 9.40. The number of halogens is 1. The van der Waals surface area contributed by atoms with Crippen LogP contribution in [0.1, 0.15) is 29.8 Å². The molecule has 144 valence electrons. The molecule has 3 heterocycles. The van der Waals surface area contributed by atoms with Crippen molar-refractivity contribution >= 4 is 28.9 Å². The van der Waals surface area contributed by atoms with Gasteiger partial charge in [-0.1, -0.05) is 41.9 Å². The fourth-order valence-electron chi connectivity index (χ4n) is 3.11. The van der Waals surface area contributed by atoms with E-state index in [0.29, 0.717) is 22.2 Å². The van der Waals surface area contributed by atoms with Crippen LogP contribution in [0.4, 0.5) is 11.6 Å². The third-order valence-electron chi connectivity index (χ3n) is 4.60. The number of hydrogen-bond acceptors (Lipinski definition) is 7. The van der Waals surface area contributed by atoms with Crippen molar-refractivity contribution in [2.75, 3.05) is 11.1 Å². The first-order valence-corrected chi connectivity index (χ1v) is 9.25. The first-order chi connectivity index (χ1) is 14.0. The average Bonchev–Trinajstić information content (AvgIpc) is 3.01. The minimum Gasteiger partial charge on any atom is -0.382 e. The number of rotatable bonds is 4. The first-order valence-electron chi connectivity index (χ1n) is 8.87. The minimum atomic E-state index is -0.258. The van der Waals surface area contributed by atoms with E-state index in [2.05, 4.69) is 20.4 Å². The molecule has 4 rings (SSSR count). The lowest BCUT2D eigenvalue weighted by atomic mass is 10.0. The van der Waals surface area contributed by atoms with E-state index in [0.717, 1.165) is 16.8 Å². The molecule has 1 aromatic carbocycles. The van der Waals surface area contributed by atoms with Crippen molar-refractivity contribution in [3.63, 3.8) is 0 Å². The van der Waals surface area contributed by atoms with Crippen molar-refractivity contribution in [3.05, 3.63) is 64.7 Å². The van der Waals surface area contributed by atoms with Gasteiger partial charge in [-0.2, -0.15) is 10.4 Å². The monoisotopic (exact) mass is 404 g/mol. The van der Waals surface area contributed by atoms with Crippen LogP contribution in [0, 0.1) is 18.3 Å². The molecular formula is C20H17ClN8. The van der Waals surface area contributed by atoms with E-state index in [1.807, 2.05) is 56.4 Å². The Labute approximate surface area is 172 Å². The quantitative estimate of drug-likeness (QED) is 0.531. The van der Waals surface area contributed by atoms with E-state index in [-0.39, 0.29) is 17.4 Å². The average molecular weight is 405 g/mol. The normalized spacial score (nSPS) is 11.9. The lowest BCUT2D eigenvalue weighted by Crippen LogP contribution is -2.14. The SMILES string of the molecule is Cc1nn2cc(C(C)Nc3ncnc(N)c3C#N)c(-c3ccccc3)nc2c1Cl. The number of nitrogen functional groups attached to an aromatic ring is 1. The van der Waals surface area contributed by atoms with Gasteiger partial charge in [-0.15, -0.1) is 0 Å². The molecule has 9 heteroatoms. The summed E-state index contributed by atoms with van der Waals surface area (Å²) in [4.78, 5) is 12.8. The Morgan fingerprint density at radius 2 is 2.00 bits per heavy atom. The van der Waals surface area contributed by atoms with Crippen LogP contribution in [0.5, 0.6) is 0 Å². The summed E-state index contributed by atoms with van der Waals surface area (Å²) >= 11 is 6.39. The molecule has 0 aliphatic rings. The summed E-state index contributed by atoms with van der Waals surface area (Å²) < 4.78 is 1.66. The molecule has 1 unspecified atom stereocenters. The van der Waals surface area contributed by atoms with Gasteiger partial charge in [0.25, 0.3) is 0 Å². The third kappa shape index (κ3) is 3.32. The van der Waals surface area contributed by atoms with Crippen LogP contribution < -0.4 is 11.1 Å². The van der Waals surface area contributed by atoms with Crippen molar-refractivity contribution in [3.8, 4) is 17.3 Å². The highest BCUT2D eigenvalue weighted by atomic mass is 35.5. The number of anilines is 2. The summed E-state index contributed by atoms with van der Waals surface area (Å²) in [6.07, 6.45) is 3.21. The fraction of sp³-hybridized carbons (Fsp3) is 0.150. The molecule has 8 nitrogen and oxygen atoms in total. The van der Waals surface area contributed by atoms with E-state index < -0.39 is 0 Å². The molecule has 0 radical (unpaired) electrons. The van der Waals surface area contributed by atoms with Crippen LogP contribution in [-0.2, 0) is 0 Å². The van der Waals surface area contributed by atoms with Gasteiger partial charge in [0, 0.05) is 17.3 Å². The van der Waals surface area contributed by atoms with Gasteiger partial charge in [0.15, 0.2) is 5.65 Å². The van der Waals surface area contributed by atoms with E-state index >= 15 is 0 Å². The number of nitriles is 1. The van der Waals surface area contributed by atoms with Crippen LogP contribution in [0.25, 0.3) is 16.9 Å². The number of benzene rings is 1. The summed E-state index contributed by atoms with van der Waals surface area (Å²) in [5.74, 6) is 0.491. The molecular weight excluding hydrogens is 388 g/mol. The van der Waals surface area contributed by atoms with Crippen LogP contribution in [0.3, 0.4) is 0 Å². The van der Waals surface area contributed by atoms with Gasteiger partial charge in [-0.25, -0.2) is 19.5 Å². The Balaban J connectivity index is 1.86. The number of fused-ring (bicyclic) bond motifs is 1. The zero-order valence-electron chi connectivity index (χ0n) is 15.8. The summed E-state index contributed by atoms with van der Waals surface area (Å²) in [7, 11) is 0. The molecule has 0 aliphatic carbocycles. The van der Waals surface area contributed by atoms with Crippen molar-refractivity contribution < 1.29 is 0 Å². The predicted octanol–water partition coefficient (Wildman–Crippen LogP) is 3.78. The molecule has 0 spiro atoms. The van der Waals surface area contributed by atoms with Crippen molar-refractivity contribution in [2.45, 2.75) is 19.9 Å². The molecule has 0 bridgehead atoms. The summed E-state index contributed by atoms with van der Waals surface area (Å²) in [5.41, 5.74) is 9.86. The van der Waals surface area contributed by atoms with E-state index in [1.54, 1.807) is 4.52 Å². The predicted molar refractivity (Wildman–Crippen MR) is 111 cm³/mol. The first kappa shape index (κ1) is 18.7. The topological polar surface area (TPSA) is 118 Å². The van der Waals surface area contributed by atoms with Crippen molar-refractivity contribution in [1.82, 2.24) is 24.6 Å². The highest BCUT2D eigenvalue weighted by Crippen LogP contribution is 2.32. The summed E-state index contributed by atoms with van der Waals surface area (Å²) in [6, 6.07) is 11.6. The smallest absolute Gasteiger partial charge is 0.174 e. The second-order valence-electron chi connectivity index (χ2n) is 6.54. The Morgan fingerprint density at radius 1 is 1.24 bits per heavy atom. The molecule has 3 aromatic heterocycles. The number of nitrogens with zero attached hydrogens (tertiary/aromatic N) is 6. The zero-order valence-corrected chi connectivity index (χ0v) is 16.5. The second-order valence-corrected chi connectivity index (χ2v) is 6.92. The van der Waals surface area contributed by atoms with Gasteiger partial charge in [0.2, 0.25) is 0 Å². The van der Waals surface area contributed by atoms with Crippen LogP contribution in [0.15, 0.2) is 42.9 Å². The van der Waals surface area contributed by atoms with Crippen molar-refractivity contribution in [2.24, 2.45) is 0 Å². The largest absolute Gasteiger partial charge is 0.382 e. The van der Waals surface area contributed by atoms with Crippen LogP contribution in [0.2, 0.25) is 5.02 Å². The molecule has 1 atom stereocenters. The van der Waals surface area contributed by atoms with Gasteiger partial charge < -0.3 is 11.1 Å². The number of aromatic nitrogens is 5. The molecule has 3 N–H and O–H groups in total. The number of hydrogen-bond donors (Lipinski definition) is 2. The highest BCUT2D eigenvalue weighted by Gasteiger charge is 2.20.